The quantitative estimate of drug-likeness (QED) is 0.726. The van der Waals surface area contributed by atoms with Gasteiger partial charge in [-0.3, -0.25) is 14.5 Å². The first-order chi connectivity index (χ1) is 7.71. The molecule has 0 aliphatic heterocycles. The normalized spacial score (nSPS) is 13.4. The largest absolute Gasteiger partial charge is 0.468 e. The maximum absolute atomic E-state index is 11.9. The van der Waals surface area contributed by atoms with Crippen LogP contribution in [0.1, 0.15) is 34.6 Å². The molecule has 5 nitrogen and oxygen atoms in total. The van der Waals surface area contributed by atoms with Crippen molar-refractivity contribution in [3.63, 3.8) is 0 Å². The molecule has 1 unspecified atom stereocenters. The van der Waals surface area contributed by atoms with Crippen LogP contribution >= 0.6 is 0 Å². The molecule has 0 saturated carbocycles. The van der Waals surface area contributed by atoms with Crippen LogP contribution in [0.4, 0.5) is 0 Å². The Morgan fingerprint density at radius 2 is 1.88 bits per heavy atom. The van der Waals surface area contributed by atoms with Crippen molar-refractivity contribution in [2.24, 2.45) is 0 Å². The van der Waals surface area contributed by atoms with Crippen LogP contribution in [0, 0.1) is 0 Å². The molecule has 1 amide bonds. The molecule has 17 heavy (non-hydrogen) atoms. The van der Waals surface area contributed by atoms with Crippen molar-refractivity contribution in [2.45, 2.75) is 46.2 Å². The topological polar surface area (TPSA) is 58.6 Å². The summed E-state index contributed by atoms with van der Waals surface area (Å²) in [7, 11) is 1.34. The minimum Gasteiger partial charge on any atom is -0.468 e. The highest BCUT2D eigenvalue weighted by atomic mass is 16.5. The maximum atomic E-state index is 11.9. The molecule has 0 aromatic heterocycles. The second-order valence-electron chi connectivity index (χ2n) is 5.05. The Bertz CT molecular complexity index is 271. The number of carbonyl (C=O) groups is 2. The van der Waals surface area contributed by atoms with E-state index in [0.29, 0.717) is 6.54 Å². The van der Waals surface area contributed by atoms with Crippen molar-refractivity contribution >= 4 is 11.9 Å². The number of rotatable bonds is 5. The number of amides is 1. The van der Waals surface area contributed by atoms with Gasteiger partial charge in [0.1, 0.15) is 0 Å². The van der Waals surface area contributed by atoms with E-state index in [1.54, 1.807) is 11.8 Å². The summed E-state index contributed by atoms with van der Waals surface area (Å²) in [6.45, 7) is 10.2. The molecular weight excluding hydrogens is 220 g/mol. The molecule has 100 valence electrons. The summed E-state index contributed by atoms with van der Waals surface area (Å²) < 4.78 is 4.60. The monoisotopic (exact) mass is 244 g/mol. The summed E-state index contributed by atoms with van der Waals surface area (Å²) in [5, 5.41) is 2.89. The SMILES string of the molecule is CCN(CC(=O)OC)C(C)C(=O)NC(C)(C)C. The lowest BCUT2D eigenvalue weighted by atomic mass is 10.1. The molecule has 0 aromatic carbocycles. The van der Waals surface area contributed by atoms with Crippen molar-refractivity contribution in [1.82, 2.24) is 10.2 Å². The van der Waals surface area contributed by atoms with E-state index < -0.39 is 0 Å². The molecule has 0 aliphatic rings. The third-order valence-corrected chi connectivity index (χ3v) is 2.39. The molecule has 0 fully saturated rings. The van der Waals surface area contributed by atoms with E-state index in [2.05, 4.69) is 10.1 Å². The summed E-state index contributed by atoms with van der Waals surface area (Å²) in [5.74, 6) is -0.412. The highest BCUT2D eigenvalue weighted by molar-refractivity contribution is 5.82. The molecule has 0 heterocycles. The number of methoxy groups -OCH3 is 1. The Balaban J connectivity index is 4.47. The average Bonchev–Trinajstić information content (AvgIpc) is 2.22. The van der Waals surface area contributed by atoms with E-state index in [0.717, 1.165) is 0 Å². The lowest BCUT2D eigenvalue weighted by Crippen LogP contribution is -2.52. The van der Waals surface area contributed by atoms with E-state index >= 15 is 0 Å². The Kier molecular flexibility index (Phi) is 6.16. The first-order valence-electron chi connectivity index (χ1n) is 5.84. The lowest BCUT2D eigenvalue weighted by Gasteiger charge is -2.29. The fraction of sp³-hybridized carbons (Fsp3) is 0.833. The number of hydrogen-bond acceptors (Lipinski definition) is 4. The van der Waals surface area contributed by atoms with Gasteiger partial charge in [0, 0.05) is 5.54 Å². The maximum Gasteiger partial charge on any atom is 0.319 e. The molecular formula is C12H24N2O3. The van der Waals surface area contributed by atoms with Crippen molar-refractivity contribution in [3.05, 3.63) is 0 Å². The summed E-state index contributed by atoms with van der Waals surface area (Å²) in [4.78, 5) is 24.9. The fourth-order valence-electron chi connectivity index (χ4n) is 1.39. The molecule has 5 heteroatoms. The van der Waals surface area contributed by atoms with Crippen molar-refractivity contribution in [1.29, 1.82) is 0 Å². The van der Waals surface area contributed by atoms with Gasteiger partial charge in [0.15, 0.2) is 0 Å². The third kappa shape index (κ3) is 6.26. The van der Waals surface area contributed by atoms with Crippen LogP contribution < -0.4 is 5.32 Å². The molecule has 0 saturated heterocycles. The summed E-state index contributed by atoms with van der Waals surface area (Å²) in [6, 6.07) is -0.349. The Hall–Kier alpha value is -1.10. The first-order valence-corrected chi connectivity index (χ1v) is 5.84. The molecule has 0 aromatic rings. The van der Waals surface area contributed by atoms with Gasteiger partial charge < -0.3 is 10.1 Å². The van der Waals surface area contributed by atoms with E-state index in [4.69, 9.17) is 0 Å². The van der Waals surface area contributed by atoms with Crippen LogP contribution in [0.25, 0.3) is 0 Å². The van der Waals surface area contributed by atoms with Gasteiger partial charge in [-0.05, 0) is 34.2 Å². The van der Waals surface area contributed by atoms with Crippen LogP contribution in [0.15, 0.2) is 0 Å². The predicted molar refractivity (Wildman–Crippen MR) is 66.6 cm³/mol. The first kappa shape index (κ1) is 15.9. The molecule has 0 spiro atoms. The van der Waals surface area contributed by atoms with Crippen molar-refractivity contribution in [3.8, 4) is 0 Å². The average molecular weight is 244 g/mol. The standard InChI is InChI=1S/C12H24N2O3/c1-7-14(8-10(15)17-6)9(2)11(16)13-12(3,4)5/h9H,7-8H2,1-6H3,(H,13,16). The second-order valence-corrected chi connectivity index (χ2v) is 5.05. The van der Waals surface area contributed by atoms with Crippen molar-refractivity contribution in [2.75, 3.05) is 20.2 Å². The zero-order valence-corrected chi connectivity index (χ0v) is 11.7. The smallest absolute Gasteiger partial charge is 0.319 e. The van der Waals surface area contributed by atoms with Gasteiger partial charge in [0.05, 0.1) is 19.7 Å². The Morgan fingerprint density at radius 1 is 1.35 bits per heavy atom. The molecule has 0 bridgehead atoms. The predicted octanol–water partition coefficient (Wildman–Crippen LogP) is 0.785. The second kappa shape index (κ2) is 6.59. The number of likely N-dealkylation sites (N-methyl/N-ethyl adjacent to an activating group) is 1. The zero-order valence-electron chi connectivity index (χ0n) is 11.7. The van der Waals surface area contributed by atoms with Crippen LogP contribution in [-0.2, 0) is 14.3 Å². The number of nitrogens with one attached hydrogen (secondary N) is 1. The minimum absolute atomic E-state index is 0.0803. The minimum atomic E-state index is -0.349. The van der Waals surface area contributed by atoms with E-state index in [9.17, 15) is 9.59 Å². The van der Waals surface area contributed by atoms with Gasteiger partial charge >= 0.3 is 5.97 Å². The highest BCUT2D eigenvalue weighted by Crippen LogP contribution is 2.04. The summed E-state index contributed by atoms with van der Waals surface area (Å²) in [5.41, 5.74) is -0.268. The molecule has 0 rings (SSSR count). The number of nitrogens with zero attached hydrogens (tertiary/aromatic N) is 1. The molecule has 0 aliphatic carbocycles. The Labute approximate surface area is 103 Å². The fourth-order valence-corrected chi connectivity index (χ4v) is 1.39. The molecule has 1 N–H and O–H groups in total. The van der Waals surface area contributed by atoms with Crippen LogP contribution in [-0.4, -0.2) is 48.6 Å². The van der Waals surface area contributed by atoms with Gasteiger partial charge in [-0.15, -0.1) is 0 Å². The van der Waals surface area contributed by atoms with Gasteiger partial charge in [0.2, 0.25) is 5.91 Å². The van der Waals surface area contributed by atoms with Gasteiger partial charge in [-0.25, -0.2) is 0 Å². The van der Waals surface area contributed by atoms with Crippen molar-refractivity contribution < 1.29 is 14.3 Å². The van der Waals surface area contributed by atoms with Gasteiger partial charge in [-0.2, -0.15) is 0 Å². The third-order valence-electron chi connectivity index (χ3n) is 2.39. The van der Waals surface area contributed by atoms with Crippen LogP contribution in [0.5, 0.6) is 0 Å². The number of carbonyl (C=O) groups excluding carboxylic acids is 2. The van der Waals surface area contributed by atoms with Crippen LogP contribution in [0.2, 0.25) is 0 Å². The zero-order chi connectivity index (χ0) is 13.6. The number of esters is 1. The van der Waals surface area contributed by atoms with Gasteiger partial charge in [0.25, 0.3) is 0 Å². The van der Waals surface area contributed by atoms with Gasteiger partial charge in [-0.1, -0.05) is 6.92 Å². The summed E-state index contributed by atoms with van der Waals surface area (Å²) in [6.07, 6.45) is 0. The van der Waals surface area contributed by atoms with E-state index in [-0.39, 0.29) is 30.0 Å². The highest BCUT2D eigenvalue weighted by Gasteiger charge is 2.25. The van der Waals surface area contributed by atoms with E-state index in [1.807, 2.05) is 27.7 Å². The molecule has 1 atom stereocenters. The number of ether oxygens (including phenoxy) is 1. The summed E-state index contributed by atoms with van der Waals surface area (Å²) >= 11 is 0. The van der Waals surface area contributed by atoms with Crippen LogP contribution in [0.3, 0.4) is 0 Å². The number of hydrogen-bond donors (Lipinski definition) is 1. The molecule has 0 radical (unpaired) electrons. The Morgan fingerprint density at radius 3 is 2.24 bits per heavy atom. The van der Waals surface area contributed by atoms with E-state index in [1.165, 1.54) is 7.11 Å². The lowest BCUT2D eigenvalue weighted by molar-refractivity contribution is -0.143.